The number of nitrogens with zero attached hydrogens (tertiary/aromatic N) is 1. The van der Waals surface area contributed by atoms with Gasteiger partial charge in [0.25, 0.3) is 0 Å². The van der Waals surface area contributed by atoms with E-state index in [4.69, 9.17) is 0 Å². The van der Waals surface area contributed by atoms with Crippen LogP contribution in [-0.2, 0) is 4.79 Å². The van der Waals surface area contributed by atoms with E-state index >= 15 is 0 Å². The zero-order valence-electron chi connectivity index (χ0n) is 18.2. The summed E-state index contributed by atoms with van der Waals surface area (Å²) in [4.78, 5) is 11.0. The van der Waals surface area contributed by atoms with Crippen molar-refractivity contribution >= 4 is 16.9 Å². The minimum atomic E-state index is 0. The van der Waals surface area contributed by atoms with E-state index in [0.29, 0.717) is 0 Å². The van der Waals surface area contributed by atoms with E-state index in [1.807, 2.05) is 0 Å². The first-order valence-electron chi connectivity index (χ1n) is 10.9. The molecule has 4 heteroatoms. The molecule has 0 fully saturated rings. The Morgan fingerprint density at radius 2 is 1.08 bits per heavy atom. The van der Waals surface area contributed by atoms with Gasteiger partial charge >= 0.3 is 0 Å². The molecule has 0 rings (SSSR count). The Labute approximate surface area is 179 Å². The first kappa shape index (κ1) is 28.7. The summed E-state index contributed by atoms with van der Waals surface area (Å²) < 4.78 is 1.05. The number of thioether (sulfide) groups is 1. The highest BCUT2D eigenvalue weighted by molar-refractivity contribution is 8.13. The van der Waals surface area contributed by atoms with E-state index in [2.05, 4.69) is 21.0 Å². The Hall–Kier alpha value is 0.460. The standard InChI is InChI=1S/C22H46NOS.BrH/c1-5-6-7-8-9-10-11-12-13-14-15-16-17-18-19-23(3,4)20-21-25-22(2)24;/h5-21H2,1-4H3;1H/q+1;/p-1. The molecule has 0 aromatic carbocycles. The van der Waals surface area contributed by atoms with Gasteiger partial charge in [0.15, 0.2) is 5.12 Å². The second-order valence-corrected chi connectivity index (χ2v) is 9.59. The Bertz CT molecular complexity index is 311. The number of hydrogen-bond donors (Lipinski definition) is 0. The molecule has 0 aromatic heterocycles. The number of halogens is 1. The van der Waals surface area contributed by atoms with Crippen LogP contribution < -0.4 is 17.0 Å². The lowest BCUT2D eigenvalue weighted by Gasteiger charge is -2.29. The van der Waals surface area contributed by atoms with Crippen LogP contribution in [0.1, 0.15) is 104 Å². The van der Waals surface area contributed by atoms with Crippen LogP contribution in [0.2, 0.25) is 0 Å². The van der Waals surface area contributed by atoms with Crippen molar-refractivity contribution in [2.45, 2.75) is 104 Å². The Kier molecular flexibility index (Phi) is 22.3. The maximum Gasteiger partial charge on any atom is 0.186 e. The summed E-state index contributed by atoms with van der Waals surface area (Å²) in [5.74, 6) is 0.959. The van der Waals surface area contributed by atoms with Crippen molar-refractivity contribution in [3.8, 4) is 0 Å². The summed E-state index contributed by atoms with van der Waals surface area (Å²) in [5, 5.41) is 0.247. The average Bonchev–Trinajstić information content (AvgIpc) is 2.54. The molecule has 0 bridgehead atoms. The second kappa shape index (κ2) is 20.2. The monoisotopic (exact) mass is 451 g/mol. The predicted octanol–water partition coefficient (Wildman–Crippen LogP) is 3.83. The topological polar surface area (TPSA) is 17.1 Å². The molecule has 0 aromatic rings. The first-order valence-corrected chi connectivity index (χ1v) is 11.9. The van der Waals surface area contributed by atoms with Crippen LogP contribution in [0.25, 0.3) is 0 Å². The van der Waals surface area contributed by atoms with Crippen LogP contribution in [0.15, 0.2) is 0 Å². The van der Waals surface area contributed by atoms with Gasteiger partial charge in [-0.2, -0.15) is 0 Å². The molecule has 0 N–H and O–H groups in total. The Balaban J connectivity index is 0. The summed E-state index contributed by atoms with van der Waals surface area (Å²) >= 11 is 1.47. The van der Waals surface area contributed by atoms with Crippen LogP contribution in [-0.4, -0.2) is 42.5 Å². The van der Waals surface area contributed by atoms with Crippen LogP contribution in [0.4, 0.5) is 0 Å². The Morgan fingerprint density at radius 3 is 1.46 bits per heavy atom. The molecule has 0 saturated carbocycles. The van der Waals surface area contributed by atoms with Crippen molar-refractivity contribution in [1.82, 2.24) is 0 Å². The molecule has 0 aliphatic heterocycles. The van der Waals surface area contributed by atoms with Gasteiger partial charge in [-0.05, 0) is 12.8 Å². The predicted molar refractivity (Wildman–Crippen MR) is 115 cm³/mol. The van der Waals surface area contributed by atoms with Crippen molar-refractivity contribution in [3.05, 3.63) is 0 Å². The maximum atomic E-state index is 11.0. The van der Waals surface area contributed by atoms with Crippen LogP contribution in [0, 0.1) is 0 Å². The van der Waals surface area contributed by atoms with Gasteiger partial charge in [-0.1, -0.05) is 95.7 Å². The van der Waals surface area contributed by atoms with Crippen molar-refractivity contribution in [2.75, 3.05) is 32.9 Å². The van der Waals surface area contributed by atoms with Crippen molar-refractivity contribution in [1.29, 1.82) is 0 Å². The van der Waals surface area contributed by atoms with Crippen molar-refractivity contribution in [3.63, 3.8) is 0 Å². The Morgan fingerprint density at radius 1 is 0.692 bits per heavy atom. The van der Waals surface area contributed by atoms with Gasteiger partial charge in [0.2, 0.25) is 0 Å². The van der Waals surface area contributed by atoms with E-state index in [0.717, 1.165) is 16.8 Å². The lowest BCUT2D eigenvalue weighted by atomic mass is 10.0. The van der Waals surface area contributed by atoms with Gasteiger partial charge in [0, 0.05) is 6.92 Å². The number of hydrogen-bond acceptors (Lipinski definition) is 2. The molecular formula is C22H46BrNOS. The zero-order chi connectivity index (χ0) is 18.8. The van der Waals surface area contributed by atoms with Gasteiger partial charge in [0.1, 0.15) is 0 Å². The fraction of sp³-hybridized carbons (Fsp3) is 0.955. The number of rotatable bonds is 18. The average molecular weight is 453 g/mol. The van der Waals surface area contributed by atoms with E-state index in [9.17, 15) is 4.79 Å². The number of carbonyl (C=O) groups excluding carboxylic acids is 1. The molecule has 0 spiro atoms. The zero-order valence-corrected chi connectivity index (χ0v) is 20.6. The SMILES string of the molecule is CCCCCCCCCCCCCCCC[N+](C)(C)CCSC(C)=O.[Br-]. The molecule has 0 saturated heterocycles. The lowest BCUT2D eigenvalue weighted by molar-refractivity contribution is -0.888. The molecule has 0 amide bonds. The minimum Gasteiger partial charge on any atom is -1.00 e. The molecule has 0 unspecified atom stereocenters. The lowest BCUT2D eigenvalue weighted by Crippen LogP contribution is -3.00. The highest BCUT2D eigenvalue weighted by Gasteiger charge is 2.14. The molecule has 0 atom stereocenters. The molecule has 26 heavy (non-hydrogen) atoms. The quantitative estimate of drug-likeness (QED) is 0.232. The largest absolute Gasteiger partial charge is 1.00 e. The fourth-order valence-electron chi connectivity index (χ4n) is 3.28. The van der Waals surface area contributed by atoms with Gasteiger partial charge < -0.3 is 21.5 Å². The highest BCUT2D eigenvalue weighted by Crippen LogP contribution is 2.14. The van der Waals surface area contributed by atoms with Gasteiger partial charge in [-0.15, -0.1) is 0 Å². The molecule has 0 aliphatic carbocycles. The third kappa shape index (κ3) is 22.5. The van der Waals surface area contributed by atoms with E-state index in [-0.39, 0.29) is 22.1 Å². The highest BCUT2D eigenvalue weighted by atomic mass is 79.9. The third-order valence-electron chi connectivity index (χ3n) is 5.12. The third-order valence-corrected chi connectivity index (χ3v) is 5.91. The summed E-state index contributed by atoms with van der Waals surface area (Å²) in [5.41, 5.74) is 0. The maximum absolute atomic E-state index is 11.0. The second-order valence-electron chi connectivity index (χ2n) is 8.32. The van der Waals surface area contributed by atoms with E-state index in [1.165, 1.54) is 108 Å². The molecule has 0 radical (unpaired) electrons. The minimum absolute atomic E-state index is 0. The summed E-state index contributed by atoms with van der Waals surface area (Å²) in [6.45, 7) is 6.30. The summed E-state index contributed by atoms with van der Waals surface area (Å²) in [6.07, 6.45) is 19.9. The molecule has 0 aliphatic rings. The fourth-order valence-corrected chi connectivity index (χ4v) is 4.16. The number of quaternary nitrogens is 1. The van der Waals surface area contributed by atoms with Crippen LogP contribution >= 0.6 is 11.8 Å². The van der Waals surface area contributed by atoms with Gasteiger partial charge in [-0.3, -0.25) is 4.79 Å². The molecule has 2 nitrogen and oxygen atoms in total. The van der Waals surface area contributed by atoms with Crippen LogP contribution in [0.3, 0.4) is 0 Å². The summed E-state index contributed by atoms with van der Waals surface area (Å²) in [6, 6.07) is 0. The number of unbranched alkanes of at least 4 members (excludes halogenated alkanes) is 13. The van der Waals surface area contributed by atoms with Crippen molar-refractivity contribution < 1.29 is 26.3 Å². The van der Waals surface area contributed by atoms with Crippen molar-refractivity contribution in [2.24, 2.45) is 0 Å². The van der Waals surface area contributed by atoms with E-state index < -0.39 is 0 Å². The van der Waals surface area contributed by atoms with Gasteiger partial charge in [-0.25, -0.2) is 0 Å². The summed E-state index contributed by atoms with van der Waals surface area (Å²) in [7, 11) is 4.59. The van der Waals surface area contributed by atoms with Crippen LogP contribution in [0.5, 0.6) is 0 Å². The number of carbonyl (C=O) groups is 1. The molecule has 158 valence electrons. The molecule has 0 heterocycles. The first-order chi connectivity index (χ1) is 12.0. The van der Waals surface area contributed by atoms with Gasteiger partial charge in [0.05, 0.1) is 32.9 Å². The smallest absolute Gasteiger partial charge is 0.186 e. The van der Waals surface area contributed by atoms with E-state index in [1.54, 1.807) is 6.92 Å². The normalized spacial score (nSPS) is 11.4. The molecular weight excluding hydrogens is 406 g/mol.